The summed E-state index contributed by atoms with van der Waals surface area (Å²) in [6, 6.07) is 12.2. The molecule has 0 aliphatic heterocycles. The molecule has 2 N–H and O–H groups in total. The zero-order chi connectivity index (χ0) is 17.3. The van der Waals surface area contributed by atoms with Gasteiger partial charge in [-0.25, -0.2) is 0 Å². The number of hydrogen-bond acceptors (Lipinski definition) is 2. The highest BCUT2D eigenvalue weighted by Gasteiger charge is 2.56. The second-order valence-corrected chi connectivity index (χ2v) is 6.70. The molecule has 0 bridgehead atoms. The first kappa shape index (κ1) is 16.8. The van der Waals surface area contributed by atoms with E-state index in [1.807, 2.05) is 6.92 Å². The van der Waals surface area contributed by atoms with Crippen LogP contribution in [0.3, 0.4) is 0 Å². The van der Waals surface area contributed by atoms with Crippen LogP contribution in [0.25, 0.3) is 0 Å². The van der Waals surface area contributed by atoms with Crippen LogP contribution >= 0.6 is 23.2 Å². The van der Waals surface area contributed by atoms with E-state index in [0.29, 0.717) is 34.3 Å². The van der Waals surface area contributed by atoms with Crippen LogP contribution in [0.5, 0.6) is 0 Å². The van der Waals surface area contributed by atoms with E-state index in [9.17, 15) is 9.59 Å². The highest BCUT2D eigenvalue weighted by atomic mass is 35.5. The lowest BCUT2D eigenvalue weighted by Gasteiger charge is -2.17. The number of anilines is 2. The lowest BCUT2D eigenvalue weighted by molar-refractivity contribution is -0.131. The van der Waals surface area contributed by atoms with Gasteiger partial charge in [-0.1, -0.05) is 41.4 Å². The van der Waals surface area contributed by atoms with Crippen LogP contribution in [0.4, 0.5) is 11.4 Å². The molecule has 0 radical (unpaired) electrons. The molecule has 24 heavy (non-hydrogen) atoms. The predicted octanol–water partition coefficient (Wildman–Crippen LogP) is 4.66. The van der Waals surface area contributed by atoms with Crippen molar-refractivity contribution in [2.24, 2.45) is 5.41 Å². The van der Waals surface area contributed by atoms with E-state index >= 15 is 0 Å². The van der Waals surface area contributed by atoms with Crippen molar-refractivity contribution in [2.45, 2.75) is 19.8 Å². The second kappa shape index (κ2) is 6.46. The molecule has 0 spiro atoms. The lowest BCUT2D eigenvalue weighted by Crippen LogP contribution is -2.35. The Kier molecular flexibility index (Phi) is 4.52. The summed E-state index contributed by atoms with van der Waals surface area (Å²) in [5.41, 5.74) is 0.842. The SMILES string of the molecule is Cc1c(Cl)cccc1NC(=O)C1(C(=O)Nc2ccccc2Cl)CC1. The quantitative estimate of drug-likeness (QED) is 0.777. The van der Waals surface area contributed by atoms with Crippen LogP contribution in [-0.2, 0) is 9.59 Å². The summed E-state index contributed by atoms with van der Waals surface area (Å²) in [6.45, 7) is 1.82. The van der Waals surface area contributed by atoms with Crippen LogP contribution in [0.15, 0.2) is 42.5 Å². The molecule has 0 unspecified atom stereocenters. The molecule has 1 aliphatic carbocycles. The summed E-state index contributed by atoms with van der Waals surface area (Å²) < 4.78 is 0. The van der Waals surface area contributed by atoms with E-state index in [0.717, 1.165) is 5.56 Å². The number of carbonyl (C=O) groups is 2. The van der Waals surface area contributed by atoms with Crippen LogP contribution in [0.1, 0.15) is 18.4 Å². The molecule has 1 aliphatic rings. The van der Waals surface area contributed by atoms with E-state index in [2.05, 4.69) is 10.6 Å². The Hall–Kier alpha value is -2.04. The molecule has 0 aromatic heterocycles. The van der Waals surface area contributed by atoms with Crippen molar-refractivity contribution in [2.75, 3.05) is 10.6 Å². The maximum atomic E-state index is 12.6. The zero-order valence-electron chi connectivity index (χ0n) is 13.0. The second-order valence-electron chi connectivity index (χ2n) is 5.88. The van der Waals surface area contributed by atoms with Crippen molar-refractivity contribution in [3.63, 3.8) is 0 Å². The lowest BCUT2D eigenvalue weighted by atomic mass is 10.0. The first-order valence-corrected chi connectivity index (χ1v) is 8.32. The van der Waals surface area contributed by atoms with Crippen molar-refractivity contribution in [3.8, 4) is 0 Å². The number of benzene rings is 2. The van der Waals surface area contributed by atoms with Crippen molar-refractivity contribution in [3.05, 3.63) is 58.1 Å². The van der Waals surface area contributed by atoms with E-state index < -0.39 is 5.41 Å². The molecule has 6 heteroatoms. The maximum absolute atomic E-state index is 12.6. The Balaban J connectivity index is 1.76. The topological polar surface area (TPSA) is 58.2 Å². The van der Waals surface area contributed by atoms with Gasteiger partial charge in [-0.2, -0.15) is 0 Å². The molecule has 124 valence electrons. The van der Waals surface area contributed by atoms with Gasteiger partial charge < -0.3 is 10.6 Å². The number of para-hydroxylation sites is 1. The van der Waals surface area contributed by atoms with Crippen LogP contribution in [0, 0.1) is 12.3 Å². The van der Waals surface area contributed by atoms with Gasteiger partial charge in [-0.15, -0.1) is 0 Å². The molecule has 0 heterocycles. The van der Waals surface area contributed by atoms with Gasteiger partial charge in [-0.3, -0.25) is 9.59 Å². The molecule has 0 saturated heterocycles. The third kappa shape index (κ3) is 3.12. The number of nitrogens with one attached hydrogen (secondary N) is 2. The Labute approximate surface area is 150 Å². The third-order valence-electron chi connectivity index (χ3n) is 4.26. The molecular formula is C18H16Cl2N2O2. The smallest absolute Gasteiger partial charge is 0.240 e. The van der Waals surface area contributed by atoms with Gasteiger partial charge in [-0.05, 0) is 49.6 Å². The van der Waals surface area contributed by atoms with Crippen molar-refractivity contribution < 1.29 is 9.59 Å². The Morgan fingerprint density at radius 3 is 2.04 bits per heavy atom. The Morgan fingerprint density at radius 2 is 1.42 bits per heavy atom. The van der Waals surface area contributed by atoms with Gasteiger partial charge in [0.25, 0.3) is 0 Å². The fraction of sp³-hybridized carbons (Fsp3) is 0.222. The van der Waals surface area contributed by atoms with Gasteiger partial charge in [0.15, 0.2) is 0 Å². The Morgan fingerprint density at radius 1 is 0.875 bits per heavy atom. The summed E-state index contributed by atoms with van der Waals surface area (Å²) in [5, 5.41) is 6.57. The summed E-state index contributed by atoms with van der Waals surface area (Å²) in [5.74, 6) is -0.662. The maximum Gasteiger partial charge on any atom is 0.240 e. The third-order valence-corrected chi connectivity index (χ3v) is 5.00. The molecular weight excluding hydrogens is 347 g/mol. The molecule has 4 nitrogen and oxygen atoms in total. The number of hydrogen-bond donors (Lipinski definition) is 2. The monoisotopic (exact) mass is 362 g/mol. The first-order valence-electron chi connectivity index (χ1n) is 7.56. The molecule has 1 saturated carbocycles. The highest BCUT2D eigenvalue weighted by Crippen LogP contribution is 2.48. The number of amides is 2. The van der Waals surface area contributed by atoms with E-state index in [4.69, 9.17) is 23.2 Å². The fourth-order valence-corrected chi connectivity index (χ4v) is 2.83. The zero-order valence-corrected chi connectivity index (χ0v) is 14.5. The molecule has 2 aromatic rings. The molecule has 2 amide bonds. The predicted molar refractivity (Wildman–Crippen MR) is 96.6 cm³/mol. The van der Waals surface area contributed by atoms with Gasteiger partial charge in [0.05, 0.1) is 10.7 Å². The number of rotatable bonds is 4. The van der Waals surface area contributed by atoms with Crippen LogP contribution in [-0.4, -0.2) is 11.8 Å². The van der Waals surface area contributed by atoms with E-state index in [-0.39, 0.29) is 11.8 Å². The fourth-order valence-electron chi connectivity index (χ4n) is 2.47. The average Bonchev–Trinajstić information content (AvgIpc) is 3.36. The van der Waals surface area contributed by atoms with Gasteiger partial charge in [0, 0.05) is 10.7 Å². The number of carbonyl (C=O) groups excluding carboxylic acids is 2. The summed E-state index contributed by atoms with van der Waals surface area (Å²) >= 11 is 12.1. The summed E-state index contributed by atoms with van der Waals surface area (Å²) in [6.07, 6.45) is 1.02. The normalized spacial score (nSPS) is 14.8. The van der Waals surface area contributed by atoms with Crippen molar-refractivity contribution in [1.82, 2.24) is 0 Å². The van der Waals surface area contributed by atoms with Crippen molar-refractivity contribution >= 4 is 46.4 Å². The largest absolute Gasteiger partial charge is 0.325 e. The Bertz CT molecular complexity index is 816. The first-order chi connectivity index (χ1) is 11.4. The minimum absolute atomic E-state index is 0.322. The van der Waals surface area contributed by atoms with E-state index in [1.165, 1.54) is 0 Å². The minimum Gasteiger partial charge on any atom is -0.325 e. The average molecular weight is 363 g/mol. The minimum atomic E-state index is -1.05. The molecule has 1 fully saturated rings. The molecule has 0 atom stereocenters. The number of halogens is 2. The van der Waals surface area contributed by atoms with Crippen molar-refractivity contribution in [1.29, 1.82) is 0 Å². The molecule has 2 aromatic carbocycles. The van der Waals surface area contributed by atoms with Gasteiger partial charge >= 0.3 is 0 Å². The highest BCUT2D eigenvalue weighted by molar-refractivity contribution is 6.34. The van der Waals surface area contributed by atoms with Crippen LogP contribution < -0.4 is 10.6 Å². The van der Waals surface area contributed by atoms with Gasteiger partial charge in [0.2, 0.25) is 11.8 Å². The van der Waals surface area contributed by atoms with Gasteiger partial charge in [0.1, 0.15) is 5.41 Å². The summed E-state index contributed by atoms with van der Waals surface area (Å²) in [4.78, 5) is 25.2. The standard InChI is InChI=1S/C18H16Cl2N2O2/c1-11-12(19)6-4-8-14(11)21-16(23)18(9-10-18)17(24)22-15-7-3-2-5-13(15)20/h2-8H,9-10H2,1H3,(H,21,23)(H,22,24). The summed E-state index contributed by atoms with van der Waals surface area (Å²) in [7, 11) is 0. The van der Waals surface area contributed by atoms with Crippen LogP contribution in [0.2, 0.25) is 10.0 Å². The molecule has 3 rings (SSSR count). The van der Waals surface area contributed by atoms with E-state index in [1.54, 1.807) is 42.5 Å².